The third kappa shape index (κ3) is 6.00. The van der Waals surface area contributed by atoms with Gasteiger partial charge in [-0.3, -0.25) is 4.79 Å². The summed E-state index contributed by atoms with van der Waals surface area (Å²) in [7, 11) is 0. The molecule has 1 saturated carbocycles. The first-order valence-electron chi connectivity index (χ1n) is 7.76. The number of benzene rings is 1. The van der Waals surface area contributed by atoms with E-state index < -0.39 is 29.4 Å². The van der Waals surface area contributed by atoms with Crippen molar-refractivity contribution in [2.45, 2.75) is 53.4 Å². The van der Waals surface area contributed by atoms with E-state index in [9.17, 15) is 31.1 Å². The van der Waals surface area contributed by atoms with E-state index in [4.69, 9.17) is 5.11 Å². The number of carbonyl (C=O) groups is 1. The first-order valence-corrected chi connectivity index (χ1v) is 9.69. The zero-order chi connectivity index (χ0) is 19.5. The highest BCUT2D eigenvalue weighted by atomic mass is 32.2. The molecule has 1 aliphatic carbocycles. The van der Waals surface area contributed by atoms with Crippen LogP contribution in [0.1, 0.15) is 36.8 Å². The average molecular weight is 418 g/mol. The number of rotatable bonds is 5. The molecule has 26 heavy (non-hydrogen) atoms. The molecule has 0 bridgehead atoms. The van der Waals surface area contributed by atoms with Gasteiger partial charge < -0.3 is 5.11 Å². The van der Waals surface area contributed by atoms with E-state index in [0.29, 0.717) is 12.8 Å². The highest BCUT2D eigenvalue weighted by Crippen LogP contribution is 2.43. The van der Waals surface area contributed by atoms with Gasteiger partial charge in [0.2, 0.25) is 0 Å². The minimum Gasteiger partial charge on any atom is -0.481 e. The molecule has 2 rings (SSSR count). The van der Waals surface area contributed by atoms with Crippen molar-refractivity contribution in [2.24, 2.45) is 0 Å². The number of alkyl halides is 6. The number of thioether (sulfide) groups is 2. The summed E-state index contributed by atoms with van der Waals surface area (Å²) in [5.74, 6) is -1.14. The smallest absolute Gasteiger partial charge is 0.416 e. The molecule has 1 N–H and O–H groups in total. The van der Waals surface area contributed by atoms with Gasteiger partial charge in [-0.2, -0.15) is 26.3 Å². The normalized spacial score (nSPS) is 21.6. The van der Waals surface area contributed by atoms with Crippen LogP contribution in [0.15, 0.2) is 23.1 Å². The summed E-state index contributed by atoms with van der Waals surface area (Å²) in [6.45, 7) is 0. The van der Waals surface area contributed by atoms with E-state index in [-0.39, 0.29) is 27.2 Å². The number of halogens is 6. The zero-order valence-electron chi connectivity index (χ0n) is 13.4. The molecule has 1 aromatic rings. The Labute approximate surface area is 154 Å². The molecule has 1 aliphatic rings. The molecule has 1 aromatic carbocycles. The lowest BCUT2D eigenvalue weighted by Gasteiger charge is -2.30. The lowest BCUT2D eigenvalue weighted by Crippen LogP contribution is -2.25. The van der Waals surface area contributed by atoms with Crippen LogP contribution >= 0.6 is 23.5 Å². The quantitative estimate of drug-likeness (QED) is 0.600. The molecule has 0 amide bonds. The molecule has 0 saturated heterocycles. The summed E-state index contributed by atoms with van der Waals surface area (Å²) in [5, 5.41) is 8.45. The highest BCUT2D eigenvalue weighted by molar-refractivity contribution is 8.04. The summed E-state index contributed by atoms with van der Waals surface area (Å²) < 4.78 is 77.7. The van der Waals surface area contributed by atoms with Crippen LogP contribution in [-0.4, -0.2) is 27.3 Å². The van der Waals surface area contributed by atoms with Gasteiger partial charge in [-0.15, -0.1) is 23.5 Å². The zero-order valence-corrected chi connectivity index (χ0v) is 15.0. The summed E-state index contributed by atoms with van der Waals surface area (Å²) in [6, 6.07) is 1.57. The van der Waals surface area contributed by atoms with Crippen LogP contribution < -0.4 is 0 Å². The van der Waals surface area contributed by atoms with E-state index in [2.05, 4.69) is 0 Å². The summed E-state index contributed by atoms with van der Waals surface area (Å²) >= 11 is 2.16. The van der Waals surface area contributed by atoms with Crippen molar-refractivity contribution in [3.63, 3.8) is 0 Å². The summed E-state index contributed by atoms with van der Waals surface area (Å²) in [6.07, 6.45) is -6.75. The third-order valence-electron chi connectivity index (χ3n) is 3.91. The fourth-order valence-corrected chi connectivity index (χ4v) is 5.49. The van der Waals surface area contributed by atoms with Crippen molar-refractivity contribution in [1.82, 2.24) is 0 Å². The maximum absolute atomic E-state index is 13.0. The Balaban J connectivity index is 2.27. The molecule has 2 nitrogen and oxygen atoms in total. The van der Waals surface area contributed by atoms with Crippen LogP contribution in [0.25, 0.3) is 0 Å². The second-order valence-corrected chi connectivity index (χ2v) is 8.47. The summed E-state index contributed by atoms with van der Waals surface area (Å²) in [5.41, 5.74) is -2.67. The van der Waals surface area contributed by atoms with Crippen LogP contribution in [-0.2, 0) is 17.1 Å². The number of carboxylic acid groups (broad SMARTS) is 1. The molecule has 0 aromatic heterocycles. The third-order valence-corrected chi connectivity index (χ3v) is 6.86. The van der Waals surface area contributed by atoms with E-state index >= 15 is 0 Å². The second-order valence-electron chi connectivity index (χ2n) is 5.93. The van der Waals surface area contributed by atoms with Gasteiger partial charge in [-0.05, 0) is 31.0 Å². The SMILES string of the molecule is O=C(O)CSC1CCCCC1Sc1cc(C(F)(F)F)cc(C(F)(F)F)c1. The largest absolute Gasteiger partial charge is 0.481 e. The number of hydrogen-bond donors (Lipinski definition) is 1. The van der Waals surface area contributed by atoms with Crippen molar-refractivity contribution in [3.05, 3.63) is 29.3 Å². The van der Waals surface area contributed by atoms with Crippen LogP contribution in [0, 0.1) is 0 Å². The second kappa shape index (κ2) is 8.33. The molecular weight excluding hydrogens is 402 g/mol. The molecule has 1 fully saturated rings. The van der Waals surface area contributed by atoms with Crippen molar-refractivity contribution >= 4 is 29.5 Å². The van der Waals surface area contributed by atoms with Crippen molar-refractivity contribution in [3.8, 4) is 0 Å². The lowest BCUT2D eigenvalue weighted by atomic mass is 10.00. The fourth-order valence-electron chi connectivity index (χ4n) is 2.74. The number of carboxylic acids is 1. The van der Waals surface area contributed by atoms with Crippen LogP contribution in [0.2, 0.25) is 0 Å². The van der Waals surface area contributed by atoms with Gasteiger partial charge in [0.1, 0.15) is 0 Å². The molecule has 2 unspecified atom stereocenters. The molecule has 0 radical (unpaired) electrons. The van der Waals surface area contributed by atoms with E-state index in [1.807, 2.05) is 0 Å². The molecule has 146 valence electrons. The Hall–Kier alpha value is -1.03. The van der Waals surface area contributed by atoms with Gasteiger partial charge in [0.15, 0.2) is 0 Å². The maximum atomic E-state index is 13.0. The number of hydrogen-bond acceptors (Lipinski definition) is 3. The Kier molecular flexibility index (Phi) is 6.81. The lowest BCUT2D eigenvalue weighted by molar-refractivity contribution is -0.143. The predicted molar refractivity (Wildman–Crippen MR) is 88.4 cm³/mol. The van der Waals surface area contributed by atoms with Gasteiger partial charge in [-0.1, -0.05) is 12.8 Å². The Morgan fingerprint density at radius 3 is 1.92 bits per heavy atom. The minimum atomic E-state index is -4.87. The Morgan fingerprint density at radius 1 is 0.962 bits per heavy atom. The Bertz CT molecular complexity index is 612. The van der Waals surface area contributed by atoms with Gasteiger partial charge in [0, 0.05) is 15.4 Å². The average Bonchev–Trinajstić information content (AvgIpc) is 2.52. The van der Waals surface area contributed by atoms with Gasteiger partial charge in [0.25, 0.3) is 0 Å². The molecule has 10 heteroatoms. The monoisotopic (exact) mass is 418 g/mol. The first kappa shape index (κ1) is 21.3. The van der Waals surface area contributed by atoms with Gasteiger partial charge >= 0.3 is 18.3 Å². The van der Waals surface area contributed by atoms with Gasteiger partial charge in [-0.25, -0.2) is 0 Å². The standard InChI is InChI=1S/C16H16F6O2S2/c17-15(18,19)9-5-10(16(20,21)22)7-11(6-9)26-13-4-2-1-3-12(13)25-8-14(23)24/h5-7,12-13H,1-4,8H2,(H,23,24). The van der Waals surface area contributed by atoms with Crippen molar-refractivity contribution in [1.29, 1.82) is 0 Å². The predicted octanol–water partition coefficient (Wildman–Crippen LogP) is 5.95. The van der Waals surface area contributed by atoms with Crippen LogP contribution in [0.5, 0.6) is 0 Å². The van der Waals surface area contributed by atoms with Crippen LogP contribution in [0.4, 0.5) is 26.3 Å². The first-order chi connectivity index (χ1) is 12.0. The minimum absolute atomic E-state index is 0.0972. The fraction of sp³-hybridized carbons (Fsp3) is 0.562. The van der Waals surface area contributed by atoms with Crippen molar-refractivity contribution < 1.29 is 36.2 Å². The highest BCUT2D eigenvalue weighted by Gasteiger charge is 2.37. The number of aliphatic carboxylic acids is 1. The summed E-state index contributed by atoms with van der Waals surface area (Å²) in [4.78, 5) is 10.6. The van der Waals surface area contributed by atoms with Crippen LogP contribution in [0.3, 0.4) is 0 Å². The van der Waals surface area contributed by atoms with Crippen molar-refractivity contribution in [2.75, 3.05) is 5.75 Å². The molecule has 0 aliphatic heterocycles. The molecule has 2 atom stereocenters. The topological polar surface area (TPSA) is 37.3 Å². The van der Waals surface area contributed by atoms with Gasteiger partial charge in [0.05, 0.1) is 16.9 Å². The maximum Gasteiger partial charge on any atom is 0.416 e. The molecular formula is C16H16F6O2S2. The van der Waals surface area contributed by atoms with E-state index in [1.165, 1.54) is 11.8 Å². The molecule has 0 heterocycles. The Morgan fingerprint density at radius 2 is 1.46 bits per heavy atom. The molecule has 0 spiro atoms. The van der Waals surface area contributed by atoms with E-state index in [1.54, 1.807) is 0 Å². The van der Waals surface area contributed by atoms with E-state index in [0.717, 1.165) is 36.7 Å².